The summed E-state index contributed by atoms with van der Waals surface area (Å²) in [6.07, 6.45) is 3.20. The quantitative estimate of drug-likeness (QED) is 0.287. The van der Waals surface area contributed by atoms with Crippen molar-refractivity contribution in [2.24, 2.45) is 0 Å². The number of halogens is 1. The molecule has 200 valence electrons. The zero-order valence-corrected chi connectivity index (χ0v) is 22.9. The zero-order chi connectivity index (χ0) is 27.4. The lowest BCUT2D eigenvalue weighted by Gasteiger charge is -2.15. The first-order chi connectivity index (χ1) is 18.2. The summed E-state index contributed by atoms with van der Waals surface area (Å²) in [5, 5.41) is 6.49. The van der Waals surface area contributed by atoms with Crippen LogP contribution >= 0.6 is 0 Å². The number of benzene rings is 2. The number of carbonyl (C=O) groups excluding carboxylic acids is 1. The number of carbonyl (C=O) groups is 1. The van der Waals surface area contributed by atoms with Crippen LogP contribution in [0.4, 0.5) is 10.1 Å². The van der Waals surface area contributed by atoms with Gasteiger partial charge in [0, 0.05) is 25.0 Å². The molecule has 4 aromatic rings. The van der Waals surface area contributed by atoms with Crippen molar-refractivity contribution in [3.8, 4) is 11.5 Å². The molecule has 0 saturated heterocycles. The highest BCUT2D eigenvalue weighted by Gasteiger charge is 2.16. The van der Waals surface area contributed by atoms with Gasteiger partial charge in [0.2, 0.25) is 0 Å². The second-order valence-corrected chi connectivity index (χ2v) is 9.38. The van der Waals surface area contributed by atoms with Gasteiger partial charge in [-0.25, -0.2) is 9.37 Å². The van der Waals surface area contributed by atoms with Crippen LogP contribution in [0.2, 0.25) is 0 Å². The molecule has 2 N–H and O–H groups in total. The molecule has 4 rings (SSSR count). The van der Waals surface area contributed by atoms with E-state index in [4.69, 9.17) is 14.5 Å². The molecule has 0 atom stereocenters. The van der Waals surface area contributed by atoms with Crippen molar-refractivity contribution >= 4 is 17.2 Å². The maximum absolute atomic E-state index is 13.9. The molecule has 1 amide bonds. The number of methoxy groups -OCH3 is 2. The number of hydrogen-bond donors (Lipinski definition) is 2. The normalized spacial score (nSPS) is 11.0. The lowest BCUT2D eigenvalue weighted by Crippen LogP contribution is -2.26. The van der Waals surface area contributed by atoms with Gasteiger partial charge in [0.25, 0.3) is 5.91 Å². The SMILES string of the molecule is CCc1cc(F)cc(C)c1CNc1cc(C(=O)NCCc2ccc(OC)c(OC)c2)cn2c(C)c(C)nc12. The molecule has 0 radical (unpaired) electrons. The number of amides is 1. The molecule has 0 fully saturated rings. The Kier molecular flexibility index (Phi) is 8.20. The molecule has 2 aromatic heterocycles. The molecule has 0 aliphatic heterocycles. The Bertz CT molecular complexity index is 1480. The monoisotopic (exact) mass is 518 g/mol. The average molecular weight is 519 g/mol. The van der Waals surface area contributed by atoms with E-state index in [0.717, 1.165) is 51.4 Å². The molecule has 0 aliphatic carbocycles. The van der Waals surface area contributed by atoms with E-state index in [2.05, 4.69) is 10.6 Å². The summed E-state index contributed by atoms with van der Waals surface area (Å²) in [6.45, 7) is 8.84. The Labute approximate surface area is 223 Å². The van der Waals surface area contributed by atoms with Gasteiger partial charge in [-0.15, -0.1) is 0 Å². The number of aromatic nitrogens is 2. The highest BCUT2D eigenvalue weighted by Crippen LogP contribution is 2.28. The van der Waals surface area contributed by atoms with Crippen LogP contribution in [0.15, 0.2) is 42.6 Å². The van der Waals surface area contributed by atoms with Crippen molar-refractivity contribution < 1.29 is 18.7 Å². The van der Waals surface area contributed by atoms with Crippen molar-refractivity contribution in [1.82, 2.24) is 14.7 Å². The Hall–Kier alpha value is -4.07. The van der Waals surface area contributed by atoms with Crippen LogP contribution < -0.4 is 20.1 Å². The van der Waals surface area contributed by atoms with Crippen molar-refractivity contribution in [2.75, 3.05) is 26.1 Å². The Morgan fingerprint density at radius 2 is 1.82 bits per heavy atom. The van der Waals surface area contributed by atoms with Gasteiger partial charge in [-0.2, -0.15) is 0 Å². The van der Waals surface area contributed by atoms with E-state index >= 15 is 0 Å². The molecule has 0 spiro atoms. The van der Waals surface area contributed by atoms with E-state index in [9.17, 15) is 9.18 Å². The van der Waals surface area contributed by atoms with Crippen molar-refractivity contribution in [3.05, 3.63) is 87.6 Å². The summed E-state index contributed by atoms with van der Waals surface area (Å²) < 4.78 is 26.6. The summed E-state index contributed by atoms with van der Waals surface area (Å²) in [6, 6.07) is 10.7. The Morgan fingerprint density at radius 3 is 2.53 bits per heavy atom. The number of nitrogens with zero attached hydrogens (tertiary/aromatic N) is 2. The number of aryl methyl sites for hydroxylation is 4. The third-order valence-corrected chi connectivity index (χ3v) is 6.97. The van der Waals surface area contributed by atoms with Gasteiger partial charge in [-0.3, -0.25) is 4.79 Å². The van der Waals surface area contributed by atoms with Crippen LogP contribution in [0.3, 0.4) is 0 Å². The molecule has 0 unspecified atom stereocenters. The van der Waals surface area contributed by atoms with Crippen LogP contribution in [0, 0.1) is 26.6 Å². The van der Waals surface area contributed by atoms with Gasteiger partial charge in [-0.05, 0) is 86.2 Å². The molecule has 2 heterocycles. The van der Waals surface area contributed by atoms with Crippen molar-refractivity contribution in [1.29, 1.82) is 0 Å². The van der Waals surface area contributed by atoms with Gasteiger partial charge < -0.3 is 24.5 Å². The second kappa shape index (κ2) is 11.5. The molecule has 7 nitrogen and oxygen atoms in total. The fourth-order valence-electron chi connectivity index (χ4n) is 4.68. The van der Waals surface area contributed by atoms with Gasteiger partial charge in [-0.1, -0.05) is 13.0 Å². The van der Waals surface area contributed by atoms with Crippen molar-refractivity contribution in [3.63, 3.8) is 0 Å². The average Bonchev–Trinajstić information content (AvgIpc) is 3.20. The summed E-state index contributed by atoms with van der Waals surface area (Å²) in [5.41, 5.74) is 7.83. The molecule has 0 aliphatic rings. The number of pyridine rings is 1. The maximum Gasteiger partial charge on any atom is 0.252 e. The molecular weight excluding hydrogens is 483 g/mol. The number of imidazole rings is 1. The minimum atomic E-state index is -0.225. The Morgan fingerprint density at radius 1 is 1.05 bits per heavy atom. The van der Waals surface area contributed by atoms with E-state index in [0.29, 0.717) is 36.6 Å². The standard InChI is InChI=1S/C30H35FN4O3/c1-7-22-14-24(31)12-18(2)25(22)16-33-26-15-23(17-35-20(4)19(3)34-29(26)35)30(36)32-11-10-21-8-9-27(37-5)28(13-21)38-6/h8-9,12-15,17,33H,7,10-11,16H2,1-6H3,(H,32,36). The van der Waals surface area contributed by atoms with Crippen LogP contribution in [-0.2, 0) is 19.4 Å². The first kappa shape index (κ1) is 27.0. The van der Waals surface area contributed by atoms with Crippen LogP contribution in [0.25, 0.3) is 5.65 Å². The number of fused-ring (bicyclic) bond motifs is 1. The summed E-state index contributed by atoms with van der Waals surface area (Å²) in [7, 11) is 3.20. The predicted molar refractivity (Wildman–Crippen MR) is 148 cm³/mol. The smallest absolute Gasteiger partial charge is 0.252 e. The minimum absolute atomic E-state index is 0.173. The number of nitrogens with one attached hydrogen (secondary N) is 2. The van der Waals surface area contributed by atoms with Crippen LogP contribution in [0.5, 0.6) is 11.5 Å². The molecule has 2 aromatic carbocycles. The number of ether oxygens (including phenoxy) is 2. The van der Waals surface area contributed by atoms with E-state index in [1.807, 2.05) is 62.6 Å². The first-order valence-corrected chi connectivity index (χ1v) is 12.8. The van der Waals surface area contributed by atoms with Crippen LogP contribution in [0.1, 0.15) is 50.9 Å². The number of anilines is 1. The summed E-state index contributed by atoms with van der Waals surface area (Å²) in [4.78, 5) is 17.9. The lowest BCUT2D eigenvalue weighted by molar-refractivity contribution is 0.0953. The third kappa shape index (κ3) is 5.59. The summed E-state index contributed by atoms with van der Waals surface area (Å²) >= 11 is 0. The highest BCUT2D eigenvalue weighted by atomic mass is 19.1. The van der Waals surface area contributed by atoms with Gasteiger partial charge in [0.15, 0.2) is 17.1 Å². The molecule has 38 heavy (non-hydrogen) atoms. The molecule has 8 heteroatoms. The minimum Gasteiger partial charge on any atom is -0.493 e. The van der Waals surface area contributed by atoms with Crippen LogP contribution in [-0.4, -0.2) is 36.1 Å². The lowest BCUT2D eigenvalue weighted by atomic mass is 9.99. The van der Waals surface area contributed by atoms with E-state index < -0.39 is 0 Å². The third-order valence-electron chi connectivity index (χ3n) is 6.97. The molecule has 0 saturated carbocycles. The second-order valence-electron chi connectivity index (χ2n) is 9.38. The summed E-state index contributed by atoms with van der Waals surface area (Å²) in [5.74, 6) is 0.928. The predicted octanol–water partition coefficient (Wildman–Crippen LogP) is 5.56. The molecular formula is C30H35FN4O3. The fraction of sp³-hybridized carbons (Fsp3) is 0.333. The van der Waals surface area contributed by atoms with E-state index in [-0.39, 0.29) is 11.7 Å². The van der Waals surface area contributed by atoms with Gasteiger partial charge >= 0.3 is 0 Å². The van der Waals surface area contributed by atoms with E-state index in [1.165, 1.54) is 0 Å². The fourth-order valence-corrected chi connectivity index (χ4v) is 4.68. The zero-order valence-electron chi connectivity index (χ0n) is 22.9. The Balaban J connectivity index is 1.55. The topological polar surface area (TPSA) is 76.9 Å². The van der Waals surface area contributed by atoms with Crippen molar-refractivity contribution in [2.45, 2.75) is 47.1 Å². The van der Waals surface area contributed by atoms with Gasteiger partial charge in [0.05, 0.1) is 31.2 Å². The molecule has 0 bridgehead atoms. The number of rotatable bonds is 10. The maximum atomic E-state index is 13.9. The highest BCUT2D eigenvalue weighted by molar-refractivity contribution is 5.96. The van der Waals surface area contributed by atoms with Gasteiger partial charge in [0.1, 0.15) is 5.82 Å². The number of hydrogen-bond acceptors (Lipinski definition) is 5. The first-order valence-electron chi connectivity index (χ1n) is 12.8. The largest absolute Gasteiger partial charge is 0.493 e. The van der Waals surface area contributed by atoms with E-state index in [1.54, 1.807) is 26.4 Å².